The van der Waals surface area contributed by atoms with E-state index in [1.54, 1.807) is 19.9 Å². The first kappa shape index (κ1) is 13.0. The number of carbonyl (C=O) groups is 2. The lowest BCUT2D eigenvalue weighted by Gasteiger charge is -2.36. The van der Waals surface area contributed by atoms with Crippen molar-refractivity contribution in [2.45, 2.75) is 25.9 Å². The first-order valence-electron chi connectivity index (χ1n) is 5.50. The van der Waals surface area contributed by atoms with Gasteiger partial charge in [-0.3, -0.25) is 14.5 Å². The molecule has 1 N–H and O–H groups in total. The maximum Gasteiger partial charge on any atom is 0.250 e. The first-order valence-corrected chi connectivity index (χ1v) is 6.29. The summed E-state index contributed by atoms with van der Waals surface area (Å²) in [7, 11) is 0. The quantitative estimate of drug-likeness (QED) is 0.859. The molecule has 1 aromatic rings. The van der Waals surface area contributed by atoms with Crippen LogP contribution in [0.25, 0.3) is 0 Å². The molecule has 0 saturated carbocycles. The molecule has 6 heteroatoms. The lowest BCUT2D eigenvalue weighted by atomic mass is 10.1. The Morgan fingerprint density at radius 2 is 2.00 bits per heavy atom. The van der Waals surface area contributed by atoms with Crippen molar-refractivity contribution in [3.05, 3.63) is 28.5 Å². The van der Waals surface area contributed by atoms with Crippen LogP contribution in [-0.2, 0) is 9.59 Å². The van der Waals surface area contributed by atoms with Crippen LogP contribution in [0.1, 0.15) is 13.8 Å². The van der Waals surface area contributed by atoms with Crippen LogP contribution in [-0.4, -0.2) is 23.9 Å². The van der Waals surface area contributed by atoms with E-state index in [0.717, 1.165) is 0 Å². The van der Waals surface area contributed by atoms with Gasteiger partial charge in [-0.15, -0.1) is 0 Å². The van der Waals surface area contributed by atoms with Crippen molar-refractivity contribution in [3.63, 3.8) is 0 Å². The molecule has 2 atom stereocenters. The maximum absolute atomic E-state index is 13.5. The van der Waals surface area contributed by atoms with E-state index in [9.17, 15) is 14.0 Å². The lowest BCUT2D eigenvalue weighted by Crippen LogP contribution is -2.61. The van der Waals surface area contributed by atoms with Gasteiger partial charge in [0.1, 0.15) is 17.9 Å². The van der Waals surface area contributed by atoms with Gasteiger partial charge < -0.3 is 5.32 Å². The Hall–Kier alpha value is -1.43. The van der Waals surface area contributed by atoms with Crippen LogP contribution in [0.4, 0.5) is 10.1 Å². The maximum atomic E-state index is 13.5. The second-order valence-electron chi connectivity index (χ2n) is 4.21. The van der Waals surface area contributed by atoms with Crippen molar-refractivity contribution in [1.82, 2.24) is 5.32 Å². The summed E-state index contributed by atoms with van der Waals surface area (Å²) in [5, 5.41) is 2.57. The molecule has 0 aliphatic carbocycles. The minimum absolute atomic E-state index is 0.245. The molecule has 1 saturated heterocycles. The van der Waals surface area contributed by atoms with E-state index < -0.39 is 17.9 Å². The Bertz CT molecular complexity index is 521. The Morgan fingerprint density at radius 1 is 1.33 bits per heavy atom. The normalized spacial score (nSPS) is 24.1. The Labute approximate surface area is 112 Å². The highest BCUT2D eigenvalue weighted by Crippen LogP contribution is 2.25. The summed E-state index contributed by atoms with van der Waals surface area (Å²) in [4.78, 5) is 25.1. The van der Waals surface area contributed by atoms with Crippen LogP contribution in [0, 0.1) is 5.82 Å². The number of hydrogen-bond donors (Lipinski definition) is 1. The van der Waals surface area contributed by atoms with Gasteiger partial charge in [-0.1, -0.05) is 0 Å². The molecule has 1 fully saturated rings. The number of nitrogens with zero attached hydrogens (tertiary/aromatic N) is 1. The number of benzene rings is 1. The summed E-state index contributed by atoms with van der Waals surface area (Å²) in [6.45, 7) is 3.22. The van der Waals surface area contributed by atoms with Crippen LogP contribution in [0.5, 0.6) is 0 Å². The van der Waals surface area contributed by atoms with E-state index in [1.807, 2.05) is 0 Å². The fourth-order valence-electron chi connectivity index (χ4n) is 1.90. The number of rotatable bonds is 1. The van der Waals surface area contributed by atoms with E-state index in [2.05, 4.69) is 21.2 Å². The fraction of sp³-hybridized carbons (Fsp3) is 0.333. The van der Waals surface area contributed by atoms with Gasteiger partial charge in [-0.2, -0.15) is 0 Å². The molecule has 2 amide bonds. The topological polar surface area (TPSA) is 49.4 Å². The van der Waals surface area contributed by atoms with Crippen LogP contribution in [0.2, 0.25) is 0 Å². The van der Waals surface area contributed by atoms with Gasteiger partial charge in [0.25, 0.3) is 0 Å². The predicted octanol–water partition coefficient (Wildman–Crippen LogP) is 1.83. The van der Waals surface area contributed by atoms with Crippen molar-refractivity contribution < 1.29 is 14.0 Å². The molecule has 4 nitrogen and oxygen atoms in total. The van der Waals surface area contributed by atoms with E-state index >= 15 is 0 Å². The zero-order valence-corrected chi connectivity index (χ0v) is 11.5. The second-order valence-corrected chi connectivity index (χ2v) is 5.07. The summed E-state index contributed by atoms with van der Waals surface area (Å²) < 4.78 is 13.8. The van der Waals surface area contributed by atoms with E-state index in [0.29, 0.717) is 10.2 Å². The summed E-state index contributed by atoms with van der Waals surface area (Å²) in [6.07, 6.45) is 0. The molecular formula is C12H12BrFN2O2. The van der Waals surface area contributed by atoms with Crippen molar-refractivity contribution in [1.29, 1.82) is 0 Å². The number of carbonyl (C=O) groups excluding carboxylic acids is 2. The van der Waals surface area contributed by atoms with E-state index in [-0.39, 0.29) is 11.8 Å². The minimum Gasteiger partial charge on any atom is -0.343 e. The smallest absolute Gasteiger partial charge is 0.250 e. The number of nitrogens with one attached hydrogen (secondary N) is 1. The molecule has 96 valence electrons. The number of piperazine rings is 1. The summed E-state index contributed by atoms with van der Waals surface area (Å²) in [5.74, 6) is -0.958. The van der Waals surface area contributed by atoms with Crippen LogP contribution >= 0.6 is 15.9 Å². The highest BCUT2D eigenvalue weighted by Gasteiger charge is 2.36. The number of hydrogen-bond acceptors (Lipinski definition) is 2. The number of anilines is 1. The number of amides is 2. The Balaban J connectivity index is 2.43. The zero-order chi connectivity index (χ0) is 13.4. The van der Waals surface area contributed by atoms with Gasteiger partial charge in [0.05, 0.1) is 4.47 Å². The summed E-state index contributed by atoms with van der Waals surface area (Å²) in [5.41, 5.74) is 0.384. The summed E-state index contributed by atoms with van der Waals surface area (Å²) in [6, 6.07) is 3.12. The first-order chi connectivity index (χ1) is 8.41. The molecule has 0 spiro atoms. The molecule has 1 aliphatic rings. The Morgan fingerprint density at radius 3 is 2.61 bits per heavy atom. The van der Waals surface area contributed by atoms with Crippen LogP contribution < -0.4 is 10.2 Å². The zero-order valence-electron chi connectivity index (χ0n) is 9.91. The molecular weight excluding hydrogens is 303 g/mol. The Kier molecular flexibility index (Phi) is 3.38. The van der Waals surface area contributed by atoms with Gasteiger partial charge >= 0.3 is 0 Å². The molecule has 2 unspecified atom stereocenters. The average molecular weight is 315 g/mol. The van der Waals surface area contributed by atoms with Crippen molar-refractivity contribution in [2.24, 2.45) is 0 Å². The molecule has 1 aliphatic heterocycles. The molecule has 0 radical (unpaired) electrons. The molecule has 1 heterocycles. The highest BCUT2D eigenvalue weighted by molar-refractivity contribution is 9.10. The van der Waals surface area contributed by atoms with E-state index in [4.69, 9.17) is 0 Å². The molecule has 18 heavy (non-hydrogen) atoms. The van der Waals surface area contributed by atoms with Gasteiger partial charge in [0.15, 0.2) is 0 Å². The minimum atomic E-state index is -0.644. The summed E-state index contributed by atoms with van der Waals surface area (Å²) >= 11 is 3.05. The van der Waals surface area contributed by atoms with Gasteiger partial charge in [-0.25, -0.2) is 4.39 Å². The molecule has 0 aromatic heterocycles. The van der Waals surface area contributed by atoms with Crippen LogP contribution in [0.3, 0.4) is 0 Å². The SMILES string of the molecule is CC1NC(=O)C(C)N(c2ccc(Br)c(F)c2)C1=O. The average Bonchev–Trinajstić information content (AvgIpc) is 2.31. The lowest BCUT2D eigenvalue weighted by molar-refractivity contribution is -0.133. The van der Waals surface area contributed by atoms with Crippen molar-refractivity contribution in [2.75, 3.05) is 4.90 Å². The third-order valence-electron chi connectivity index (χ3n) is 2.91. The monoisotopic (exact) mass is 314 g/mol. The third-order valence-corrected chi connectivity index (χ3v) is 3.56. The van der Waals surface area contributed by atoms with Gasteiger partial charge in [-0.05, 0) is 48.0 Å². The second kappa shape index (κ2) is 4.68. The van der Waals surface area contributed by atoms with Crippen LogP contribution in [0.15, 0.2) is 22.7 Å². The standard InChI is InChI=1S/C12H12BrFN2O2/c1-6-12(18)16(7(2)11(17)15-6)8-3-4-9(13)10(14)5-8/h3-7H,1-2H3,(H,15,17). The van der Waals surface area contributed by atoms with Gasteiger partial charge in [0.2, 0.25) is 11.8 Å². The predicted molar refractivity (Wildman–Crippen MR) is 68.7 cm³/mol. The molecule has 1 aromatic carbocycles. The fourth-order valence-corrected chi connectivity index (χ4v) is 2.14. The van der Waals surface area contributed by atoms with Crippen molar-refractivity contribution in [3.8, 4) is 0 Å². The molecule has 0 bridgehead atoms. The van der Waals surface area contributed by atoms with E-state index in [1.165, 1.54) is 17.0 Å². The van der Waals surface area contributed by atoms with Gasteiger partial charge in [0, 0.05) is 5.69 Å². The third kappa shape index (κ3) is 2.12. The largest absolute Gasteiger partial charge is 0.343 e. The number of halogens is 2. The molecule has 2 rings (SSSR count). The highest BCUT2D eigenvalue weighted by atomic mass is 79.9. The van der Waals surface area contributed by atoms with Crippen molar-refractivity contribution >= 4 is 33.4 Å².